The molecule has 0 radical (unpaired) electrons. The molecule has 2 saturated heterocycles. The molecule has 2 aliphatic heterocycles. The first-order chi connectivity index (χ1) is 15.1. The zero-order valence-corrected chi connectivity index (χ0v) is 18.8. The summed E-state index contributed by atoms with van der Waals surface area (Å²) < 4.78 is 0. The van der Waals surface area contributed by atoms with Crippen molar-refractivity contribution in [3.8, 4) is 0 Å². The van der Waals surface area contributed by atoms with Crippen molar-refractivity contribution in [2.75, 3.05) is 39.0 Å². The maximum atomic E-state index is 13.1. The van der Waals surface area contributed by atoms with Crippen LogP contribution < -0.4 is 5.73 Å². The van der Waals surface area contributed by atoms with Crippen molar-refractivity contribution in [1.82, 2.24) is 19.8 Å². The van der Waals surface area contributed by atoms with E-state index in [1.54, 1.807) is 30.8 Å². The lowest BCUT2D eigenvalue weighted by molar-refractivity contribution is -0.138. The van der Waals surface area contributed by atoms with Crippen molar-refractivity contribution in [1.29, 1.82) is 0 Å². The molecule has 0 aromatic carbocycles. The number of thiophene rings is 1. The van der Waals surface area contributed by atoms with Gasteiger partial charge in [0.15, 0.2) is 0 Å². The standard InChI is InChI=1S/C22H30N6O2S/c1-30-26-20(19-6-11-31-15-19)17-4-9-28(10-5-17)21(29)18-2-7-27(8-3-18)14-16-12-24-22(23)25-13-16/h6,11-13,15,17-18H,2-5,7-10,14H2,1H3,(H2,23,24,25). The number of anilines is 1. The fraction of sp³-hybridized carbons (Fsp3) is 0.545. The summed E-state index contributed by atoms with van der Waals surface area (Å²) in [7, 11) is 1.59. The molecule has 2 N–H and O–H groups in total. The highest BCUT2D eigenvalue weighted by molar-refractivity contribution is 7.08. The van der Waals surface area contributed by atoms with Crippen molar-refractivity contribution in [2.24, 2.45) is 17.0 Å². The molecule has 0 unspecified atom stereocenters. The summed E-state index contributed by atoms with van der Waals surface area (Å²) in [4.78, 5) is 30.7. The predicted octanol–water partition coefficient (Wildman–Crippen LogP) is 2.62. The van der Waals surface area contributed by atoms with Gasteiger partial charge in [0.1, 0.15) is 7.11 Å². The van der Waals surface area contributed by atoms with Gasteiger partial charge in [-0.1, -0.05) is 5.16 Å². The number of amides is 1. The smallest absolute Gasteiger partial charge is 0.225 e. The number of carbonyl (C=O) groups is 1. The maximum Gasteiger partial charge on any atom is 0.225 e. The Balaban J connectivity index is 1.25. The number of nitrogens with two attached hydrogens (primary N) is 1. The van der Waals surface area contributed by atoms with E-state index in [1.165, 1.54) is 0 Å². The van der Waals surface area contributed by atoms with Crippen LogP contribution in [0.1, 0.15) is 36.8 Å². The minimum Gasteiger partial charge on any atom is -0.399 e. The Morgan fingerprint density at radius 1 is 1.16 bits per heavy atom. The van der Waals surface area contributed by atoms with Crippen LogP contribution in [0.2, 0.25) is 0 Å². The molecule has 0 saturated carbocycles. The minimum atomic E-state index is 0.124. The van der Waals surface area contributed by atoms with Gasteiger partial charge in [-0.25, -0.2) is 9.97 Å². The zero-order chi connectivity index (χ0) is 21.6. The lowest BCUT2D eigenvalue weighted by Crippen LogP contribution is -2.46. The summed E-state index contributed by atoms with van der Waals surface area (Å²) in [6.45, 7) is 4.22. The molecule has 1 amide bonds. The SMILES string of the molecule is CON=C(c1ccsc1)C1CCN(C(=O)C2CCN(Cc3cnc(N)nc3)CC2)CC1. The first kappa shape index (κ1) is 21.7. The average molecular weight is 443 g/mol. The van der Waals surface area contributed by atoms with Crippen molar-refractivity contribution < 1.29 is 9.63 Å². The van der Waals surface area contributed by atoms with Crippen LogP contribution in [0.4, 0.5) is 5.95 Å². The van der Waals surface area contributed by atoms with Crippen LogP contribution in [0.3, 0.4) is 0 Å². The van der Waals surface area contributed by atoms with Crippen LogP contribution in [0.5, 0.6) is 0 Å². The molecule has 9 heteroatoms. The monoisotopic (exact) mass is 442 g/mol. The van der Waals surface area contributed by atoms with Gasteiger partial charge in [0.2, 0.25) is 11.9 Å². The number of hydrogen-bond donors (Lipinski definition) is 1. The van der Waals surface area contributed by atoms with Crippen molar-refractivity contribution in [3.05, 3.63) is 40.3 Å². The first-order valence-corrected chi connectivity index (χ1v) is 11.8. The molecule has 0 bridgehead atoms. The van der Waals surface area contributed by atoms with Gasteiger partial charge < -0.3 is 15.5 Å². The number of aromatic nitrogens is 2. The van der Waals surface area contributed by atoms with E-state index in [-0.39, 0.29) is 5.92 Å². The van der Waals surface area contributed by atoms with Crippen LogP contribution >= 0.6 is 11.3 Å². The molecule has 4 rings (SSSR count). The Labute approximate surface area is 187 Å². The summed E-state index contributed by atoms with van der Waals surface area (Å²) in [6, 6.07) is 2.09. The normalized spacial score (nSPS) is 19.5. The molecular weight excluding hydrogens is 412 g/mol. The van der Waals surface area contributed by atoms with Crippen LogP contribution in [-0.4, -0.2) is 64.7 Å². The molecule has 166 valence electrons. The Morgan fingerprint density at radius 3 is 2.45 bits per heavy atom. The molecule has 2 aromatic heterocycles. The van der Waals surface area contributed by atoms with Gasteiger partial charge in [-0.3, -0.25) is 9.69 Å². The van der Waals surface area contributed by atoms with Gasteiger partial charge in [0, 0.05) is 55.0 Å². The van der Waals surface area contributed by atoms with E-state index >= 15 is 0 Å². The number of nitrogens with zero attached hydrogens (tertiary/aromatic N) is 5. The van der Waals surface area contributed by atoms with Crippen molar-refractivity contribution >= 4 is 28.9 Å². The second kappa shape index (κ2) is 10.2. The highest BCUT2D eigenvalue weighted by Crippen LogP contribution is 2.27. The Kier molecular flexibility index (Phi) is 7.14. The molecule has 8 nitrogen and oxygen atoms in total. The number of hydrogen-bond acceptors (Lipinski definition) is 8. The number of carbonyl (C=O) groups excluding carboxylic acids is 1. The number of nitrogen functional groups attached to an aromatic ring is 1. The van der Waals surface area contributed by atoms with Gasteiger partial charge in [-0.15, -0.1) is 0 Å². The minimum absolute atomic E-state index is 0.124. The van der Waals surface area contributed by atoms with Crippen LogP contribution in [0, 0.1) is 11.8 Å². The molecular formula is C22H30N6O2S. The van der Waals surface area contributed by atoms with Gasteiger partial charge >= 0.3 is 0 Å². The second-order valence-electron chi connectivity index (χ2n) is 8.27. The van der Waals surface area contributed by atoms with Gasteiger partial charge in [0.25, 0.3) is 0 Å². The Hall–Kier alpha value is -2.52. The Morgan fingerprint density at radius 2 is 1.84 bits per heavy atom. The third-order valence-corrected chi connectivity index (χ3v) is 6.95. The van der Waals surface area contributed by atoms with E-state index in [0.717, 1.165) is 75.2 Å². The number of likely N-dealkylation sites (tertiary alicyclic amines) is 2. The largest absolute Gasteiger partial charge is 0.399 e. The summed E-state index contributed by atoms with van der Waals surface area (Å²) >= 11 is 1.67. The lowest BCUT2D eigenvalue weighted by Gasteiger charge is -2.37. The summed E-state index contributed by atoms with van der Waals surface area (Å²) in [5, 5.41) is 8.47. The van der Waals surface area contributed by atoms with Gasteiger partial charge in [0.05, 0.1) is 5.71 Å². The molecule has 2 aromatic rings. The van der Waals surface area contributed by atoms with Crippen molar-refractivity contribution in [3.63, 3.8) is 0 Å². The Bertz CT molecular complexity index is 870. The summed E-state index contributed by atoms with van der Waals surface area (Å²) in [5.41, 5.74) is 8.76. The van der Waals surface area contributed by atoms with Crippen LogP contribution in [0.15, 0.2) is 34.4 Å². The van der Waals surface area contributed by atoms with E-state index in [0.29, 0.717) is 17.8 Å². The fourth-order valence-corrected chi connectivity index (χ4v) is 5.20. The lowest BCUT2D eigenvalue weighted by atomic mass is 9.87. The highest BCUT2D eigenvalue weighted by Gasteiger charge is 2.32. The van der Waals surface area contributed by atoms with E-state index in [9.17, 15) is 4.79 Å². The second-order valence-corrected chi connectivity index (χ2v) is 9.05. The molecule has 4 heterocycles. The van der Waals surface area contributed by atoms with Crippen LogP contribution in [-0.2, 0) is 16.2 Å². The van der Waals surface area contributed by atoms with Gasteiger partial charge in [-0.2, -0.15) is 11.3 Å². The van der Waals surface area contributed by atoms with Crippen molar-refractivity contribution in [2.45, 2.75) is 32.2 Å². The molecule has 2 fully saturated rings. The predicted molar refractivity (Wildman–Crippen MR) is 122 cm³/mol. The highest BCUT2D eigenvalue weighted by atomic mass is 32.1. The number of rotatable bonds is 6. The molecule has 0 spiro atoms. The van der Waals surface area contributed by atoms with E-state index < -0.39 is 0 Å². The summed E-state index contributed by atoms with van der Waals surface area (Å²) in [6.07, 6.45) is 7.22. The average Bonchev–Trinajstić information content (AvgIpc) is 3.34. The third kappa shape index (κ3) is 5.40. The quantitative estimate of drug-likeness (QED) is 0.546. The molecule has 31 heavy (non-hydrogen) atoms. The van der Waals surface area contributed by atoms with E-state index in [2.05, 4.69) is 41.7 Å². The zero-order valence-electron chi connectivity index (χ0n) is 17.9. The fourth-order valence-electron chi connectivity index (χ4n) is 4.55. The maximum absolute atomic E-state index is 13.1. The molecule has 0 atom stereocenters. The molecule has 2 aliphatic rings. The third-order valence-electron chi connectivity index (χ3n) is 6.27. The van der Waals surface area contributed by atoms with Gasteiger partial charge in [-0.05, 0) is 55.6 Å². The summed E-state index contributed by atoms with van der Waals surface area (Å²) in [5.74, 6) is 1.07. The van der Waals surface area contributed by atoms with E-state index in [1.807, 2.05) is 0 Å². The number of piperidine rings is 2. The van der Waals surface area contributed by atoms with E-state index in [4.69, 9.17) is 10.6 Å². The topological polar surface area (TPSA) is 96.9 Å². The first-order valence-electron chi connectivity index (χ1n) is 10.8. The molecule has 0 aliphatic carbocycles. The number of oxime groups is 1. The van der Waals surface area contributed by atoms with Crippen LogP contribution in [0.25, 0.3) is 0 Å².